The molecular formula is C75H122N16O17S2. The number of ether oxygens (including phenoxy) is 6. The number of fused-ring (bicyclic) bond motifs is 1. The minimum atomic E-state index is -1.35. The summed E-state index contributed by atoms with van der Waals surface area (Å²) in [6.45, 7) is 12.6. The van der Waals surface area contributed by atoms with Crippen LogP contribution in [0.3, 0.4) is 0 Å². The molecule has 1 saturated heterocycles. The van der Waals surface area contributed by atoms with Crippen LogP contribution < -0.4 is 81.4 Å². The van der Waals surface area contributed by atoms with Gasteiger partial charge in [-0.1, -0.05) is 104 Å². The molecule has 0 aromatic heterocycles. The van der Waals surface area contributed by atoms with Gasteiger partial charge in [0.2, 0.25) is 59.1 Å². The third-order valence-electron chi connectivity index (χ3n) is 17.0. The zero-order valence-corrected chi connectivity index (χ0v) is 66.0. The maximum absolute atomic E-state index is 14.8. The van der Waals surface area contributed by atoms with Crippen molar-refractivity contribution in [3.8, 4) is 5.75 Å². The molecule has 616 valence electrons. The molecule has 3 aromatic carbocycles. The van der Waals surface area contributed by atoms with Crippen molar-refractivity contribution in [1.29, 1.82) is 0 Å². The van der Waals surface area contributed by atoms with E-state index < -0.39 is 102 Å². The number of phenols is 1. The van der Waals surface area contributed by atoms with Gasteiger partial charge in [-0.2, -0.15) is 0 Å². The maximum atomic E-state index is 14.8. The smallest absolute Gasteiger partial charge is 0.244 e. The summed E-state index contributed by atoms with van der Waals surface area (Å²) in [6, 6.07) is 11.5. The lowest BCUT2D eigenvalue weighted by molar-refractivity contribution is -0.135. The molecule has 0 saturated carbocycles. The Hall–Kier alpha value is -7.97. The molecule has 4 rings (SSSR count). The predicted octanol–water partition coefficient (Wildman–Crippen LogP) is 0.236. The number of guanidine groups is 1. The van der Waals surface area contributed by atoms with Gasteiger partial charge in [0.1, 0.15) is 48.0 Å². The van der Waals surface area contributed by atoms with E-state index in [1.165, 1.54) is 33.7 Å². The molecule has 10 amide bonds. The summed E-state index contributed by atoms with van der Waals surface area (Å²) in [4.78, 5) is 143. The molecule has 1 fully saturated rings. The number of hydrogen-bond donors (Lipinski definition) is 16. The molecule has 3 aromatic rings. The molecule has 0 spiro atoms. The summed E-state index contributed by atoms with van der Waals surface area (Å²) < 4.78 is 33.4. The SMILES string of the molecule is CC(C)NCCCCC(NC(=O)C1CSSCCC(=O)NC(Cc2ccc(O)cc2)C(=O)NC(CCCCNC(C)C)C(=O)N[C@H](CCCN=C(N)N)C(=O)NC(Cc2ccc3ccccc3c2)C(=O)NCC(=O)N1)C(=O)NCCOCCOCCOCCOCCOCCOCCC(=O)NC(CCCCN)C(N)=O. The molecule has 0 radical (unpaired) electrons. The van der Waals surface area contributed by atoms with Gasteiger partial charge in [-0.15, -0.1) is 0 Å². The van der Waals surface area contributed by atoms with Crippen LogP contribution in [0.4, 0.5) is 0 Å². The first-order valence-electron chi connectivity index (χ1n) is 38.1. The number of hydrogen-bond acceptors (Lipinski definition) is 23. The first-order chi connectivity index (χ1) is 53.0. The van der Waals surface area contributed by atoms with Crippen LogP contribution in [-0.2, 0) is 89.2 Å². The van der Waals surface area contributed by atoms with Gasteiger partial charge in [0.05, 0.1) is 85.8 Å². The molecule has 20 N–H and O–H groups in total. The third-order valence-corrected chi connectivity index (χ3v) is 19.4. The highest BCUT2D eigenvalue weighted by atomic mass is 33.1. The summed E-state index contributed by atoms with van der Waals surface area (Å²) in [6.07, 6.45) is 4.52. The van der Waals surface area contributed by atoms with Crippen molar-refractivity contribution in [1.82, 2.24) is 58.5 Å². The summed E-state index contributed by atoms with van der Waals surface area (Å²) in [5.41, 5.74) is 23.4. The van der Waals surface area contributed by atoms with E-state index in [-0.39, 0.29) is 139 Å². The second-order valence-electron chi connectivity index (χ2n) is 27.0. The predicted molar refractivity (Wildman–Crippen MR) is 424 cm³/mol. The zero-order chi connectivity index (χ0) is 80.1. The van der Waals surface area contributed by atoms with Gasteiger partial charge in [-0.05, 0) is 124 Å². The van der Waals surface area contributed by atoms with Crippen molar-refractivity contribution < 1.29 is 81.5 Å². The maximum Gasteiger partial charge on any atom is 0.244 e. The van der Waals surface area contributed by atoms with E-state index >= 15 is 0 Å². The highest BCUT2D eigenvalue weighted by Gasteiger charge is 2.34. The molecule has 110 heavy (non-hydrogen) atoms. The van der Waals surface area contributed by atoms with Crippen molar-refractivity contribution in [3.63, 3.8) is 0 Å². The van der Waals surface area contributed by atoms with Crippen molar-refractivity contribution in [2.24, 2.45) is 27.9 Å². The van der Waals surface area contributed by atoms with E-state index in [4.69, 9.17) is 51.4 Å². The average molecular weight is 1580 g/mol. The molecular weight excluding hydrogens is 1460 g/mol. The van der Waals surface area contributed by atoms with Gasteiger partial charge >= 0.3 is 0 Å². The van der Waals surface area contributed by atoms with Crippen LogP contribution >= 0.6 is 21.6 Å². The average Bonchev–Trinajstić information content (AvgIpc) is 0.831. The van der Waals surface area contributed by atoms with E-state index in [1.54, 1.807) is 12.1 Å². The number of carbonyl (C=O) groups excluding carboxylic acids is 10. The normalized spacial score (nSPS) is 17.9. The lowest BCUT2D eigenvalue weighted by Crippen LogP contribution is -2.59. The van der Waals surface area contributed by atoms with Gasteiger partial charge in [-0.3, -0.25) is 52.9 Å². The molecule has 7 atom stereocenters. The van der Waals surface area contributed by atoms with Crippen molar-refractivity contribution in [3.05, 3.63) is 77.9 Å². The first-order valence-corrected chi connectivity index (χ1v) is 40.6. The van der Waals surface area contributed by atoms with Crippen LogP contribution in [0, 0.1) is 0 Å². The van der Waals surface area contributed by atoms with Gasteiger partial charge in [-0.25, -0.2) is 0 Å². The Bertz CT molecular complexity index is 3250. The number of carbonyl (C=O) groups is 10. The number of benzene rings is 3. The Balaban J connectivity index is 1.43. The Morgan fingerprint density at radius 1 is 0.545 bits per heavy atom. The lowest BCUT2D eigenvalue weighted by atomic mass is 10.00. The van der Waals surface area contributed by atoms with Gasteiger partial charge in [0.25, 0.3) is 0 Å². The Morgan fingerprint density at radius 3 is 1.67 bits per heavy atom. The third kappa shape index (κ3) is 43.0. The molecule has 1 heterocycles. The highest BCUT2D eigenvalue weighted by Crippen LogP contribution is 2.24. The second kappa shape index (κ2) is 57.1. The minimum Gasteiger partial charge on any atom is -0.508 e. The standard InChI is InChI=1S/C75H122N16O17S2/c1-51(2)80-29-11-8-17-59(69(97)82-32-34-104-36-38-106-40-42-108-44-43-107-41-39-105-37-35-103-33-26-65(93)85-58(68(77)96)16-7-10-28-76)88-74(102)64-50-110-109-45-27-66(94)86-63(47-53-21-24-57(92)25-22-53)73(101)90-60(18-9-12-30-81-52(3)4)71(99)89-61(19-13-31-83-75(78)79)72(100)91-62(70(98)84-49-67(95)87-64)48-54-20-23-55-14-5-6-15-56(55)46-54/h5-6,14-15,20-25,46,51-52,58-64,80-81,92H,7-13,16-19,26-45,47-50,76H2,1-4H3,(H2,77,96)(H,82,97)(H,84,98)(H,85,93)(H,86,94)(H,87,95)(H,88,102)(H,89,99)(H,90,101)(H,91,100)(H4,78,79,83)/t58?,59?,60?,61-,62?,63?,64?/m1/s1. The molecule has 33 nitrogen and oxygen atoms in total. The highest BCUT2D eigenvalue weighted by molar-refractivity contribution is 8.76. The Kier molecular flexibility index (Phi) is 49.0. The molecule has 1 aliphatic rings. The van der Waals surface area contributed by atoms with Crippen LogP contribution in [0.2, 0.25) is 0 Å². The number of aromatic hydroxyl groups is 1. The fourth-order valence-corrected chi connectivity index (χ4v) is 13.2. The first kappa shape index (κ1) is 94.4. The number of nitrogens with two attached hydrogens (primary N) is 4. The summed E-state index contributed by atoms with van der Waals surface area (Å²) in [5.74, 6) is -6.48. The number of primary amides is 1. The topological polar surface area (TPSA) is 495 Å². The molecule has 0 bridgehead atoms. The fraction of sp³-hybridized carbons (Fsp3) is 0.640. The van der Waals surface area contributed by atoms with Crippen LogP contribution in [0.5, 0.6) is 5.75 Å². The molecule has 1 aliphatic heterocycles. The summed E-state index contributed by atoms with van der Waals surface area (Å²) in [5, 5.41) is 43.7. The van der Waals surface area contributed by atoms with E-state index in [2.05, 4.69) is 63.5 Å². The van der Waals surface area contributed by atoms with Gasteiger partial charge in [0.15, 0.2) is 5.96 Å². The van der Waals surface area contributed by atoms with Crippen molar-refractivity contribution >= 4 is 97.4 Å². The number of rotatable bonds is 50. The minimum absolute atomic E-state index is 0.0163. The summed E-state index contributed by atoms with van der Waals surface area (Å²) in [7, 11) is 2.38. The number of nitrogens with one attached hydrogen (secondary N) is 11. The zero-order valence-electron chi connectivity index (χ0n) is 64.3. The number of phenolic OH excluding ortho intramolecular Hbond substituents is 1. The van der Waals surface area contributed by atoms with Gasteiger partial charge < -0.3 is 115 Å². The lowest BCUT2D eigenvalue weighted by Gasteiger charge is -2.27. The van der Waals surface area contributed by atoms with Crippen LogP contribution in [0.1, 0.15) is 122 Å². The van der Waals surface area contributed by atoms with Crippen molar-refractivity contribution in [2.75, 3.05) is 130 Å². The van der Waals surface area contributed by atoms with Crippen LogP contribution in [0.25, 0.3) is 10.8 Å². The quantitative estimate of drug-likeness (QED) is 0.0156. The van der Waals surface area contributed by atoms with Crippen molar-refractivity contribution in [2.45, 2.75) is 178 Å². The van der Waals surface area contributed by atoms with Crippen LogP contribution in [-0.4, -0.2) is 255 Å². The number of amides is 10. The van der Waals surface area contributed by atoms with E-state index in [1.807, 2.05) is 70.2 Å². The molecule has 35 heteroatoms. The number of aliphatic imine (C=N–C) groups is 1. The second-order valence-corrected chi connectivity index (χ2v) is 29.6. The monoisotopic (exact) mass is 1580 g/mol. The Morgan fingerprint density at radius 2 is 1.07 bits per heavy atom. The Labute approximate surface area is 654 Å². The van der Waals surface area contributed by atoms with E-state index in [0.717, 1.165) is 17.2 Å². The molecule has 0 aliphatic carbocycles. The largest absolute Gasteiger partial charge is 0.508 e. The number of unbranched alkanes of at least 4 members (excludes halogenated alkanes) is 3. The number of nitrogens with zero attached hydrogens (tertiary/aromatic N) is 1. The fourth-order valence-electron chi connectivity index (χ4n) is 11.1. The van der Waals surface area contributed by atoms with Crippen LogP contribution in [0.15, 0.2) is 71.7 Å². The van der Waals surface area contributed by atoms with E-state index in [9.17, 15) is 53.1 Å². The van der Waals surface area contributed by atoms with E-state index in [0.29, 0.717) is 116 Å². The summed E-state index contributed by atoms with van der Waals surface area (Å²) >= 11 is 0. The molecule has 6 unspecified atom stereocenters. The van der Waals surface area contributed by atoms with Gasteiger partial charge in [0, 0.05) is 62.4 Å².